The summed E-state index contributed by atoms with van der Waals surface area (Å²) in [6, 6.07) is 3.20. The molecule has 1 fully saturated rings. The predicted molar refractivity (Wildman–Crippen MR) is 71.5 cm³/mol. The molecule has 0 saturated heterocycles. The summed E-state index contributed by atoms with van der Waals surface area (Å²) in [6.07, 6.45) is 3.14. The van der Waals surface area contributed by atoms with Gasteiger partial charge < -0.3 is 20.6 Å². The van der Waals surface area contributed by atoms with Crippen molar-refractivity contribution in [2.75, 3.05) is 18.5 Å². The molecule has 0 spiro atoms. The highest BCUT2D eigenvalue weighted by Gasteiger charge is 2.34. The topological polar surface area (TPSA) is 116 Å². The van der Waals surface area contributed by atoms with E-state index in [0.717, 1.165) is 25.7 Å². The average molecular weight is 281 g/mol. The number of anilines is 1. The minimum atomic E-state index is -1.10. The molecule has 1 aliphatic rings. The van der Waals surface area contributed by atoms with Crippen LogP contribution in [-0.2, 0) is 0 Å². The van der Waals surface area contributed by atoms with Gasteiger partial charge in [-0.3, -0.25) is 0 Å². The van der Waals surface area contributed by atoms with E-state index in [9.17, 15) is 15.0 Å². The second-order valence-electron chi connectivity index (χ2n) is 5.34. The van der Waals surface area contributed by atoms with Crippen molar-refractivity contribution in [2.45, 2.75) is 31.7 Å². The minimum absolute atomic E-state index is 0.00331. The van der Waals surface area contributed by atoms with Crippen LogP contribution in [0.1, 0.15) is 36.2 Å². The molecule has 1 aliphatic carbocycles. The molecule has 2 rings (SSSR count). The van der Waals surface area contributed by atoms with Gasteiger partial charge in [0.25, 0.3) is 0 Å². The SMILES string of the molecule is O=C(O)c1ccc(NC2CCC(CO)(CO)CC2)nn1. The number of carboxylic acids is 1. The van der Waals surface area contributed by atoms with Crippen LogP contribution in [-0.4, -0.2) is 50.7 Å². The minimum Gasteiger partial charge on any atom is -0.476 e. The number of aromatic carboxylic acids is 1. The van der Waals surface area contributed by atoms with Crippen LogP contribution in [0.25, 0.3) is 0 Å². The van der Waals surface area contributed by atoms with Crippen LogP contribution < -0.4 is 5.32 Å². The third kappa shape index (κ3) is 3.23. The average Bonchev–Trinajstić information content (AvgIpc) is 2.49. The number of nitrogens with one attached hydrogen (secondary N) is 1. The van der Waals surface area contributed by atoms with Crippen LogP contribution in [0.2, 0.25) is 0 Å². The van der Waals surface area contributed by atoms with Crippen molar-refractivity contribution in [1.29, 1.82) is 0 Å². The van der Waals surface area contributed by atoms with Crippen molar-refractivity contribution >= 4 is 11.8 Å². The summed E-state index contributed by atoms with van der Waals surface area (Å²) in [5.74, 6) is -0.558. The number of aliphatic hydroxyl groups is 2. The molecule has 0 amide bonds. The van der Waals surface area contributed by atoms with Gasteiger partial charge in [-0.25, -0.2) is 4.79 Å². The molecule has 7 nitrogen and oxygen atoms in total. The molecule has 1 aromatic rings. The number of carboxylic acid groups (broad SMARTS) is 1. The Bertz CT molecular complexity index is 449. The van der Waals surface area contributed by atoms with Crippen molar-refractivity contribution in [2.24, 2.45) is 5.41 Å². The van der Waals surface area contributed by atoms with Crippen molar-refractivity contribution in [3.63, 3.8) is 0 Å². The van der Waals surface area contributed by atoms with E-state index in [0.29, 0.717) is 5.82 Å². The van der Waals surface area contributed by atoms with Gasteiger partial charge in [0.2, 0.25) is 0 Å². The van der Waals surface area contributed by atoms with Crippen LogP contribution in [0.4, 0.5) is 5.82 Å². The number of aromatic nitrogens is 2. The van der Waals surface area contributed by atoms with Crippen LogP contribution in [0.15, 0.2) is 12.1 Å². The van der Waals surface area contributed by atoms with Gasteiger partial charge in [-0.2, -0.15) is 0 Å². The lowest BCUT2D eigenvalue weighted by molar-refractivity contribution is 0.0210. The molecule has 7 heteroatoms. The Labute approximate surface area is 116 Å². The van der Waals surface area contributed by atoms with E-state index in [1.807, 2.05) is 0 Å². The highest BCUT2D eigenvalue weighted by Crippen LogP contribution is 2.36. The summed E-state index contributed by atoms with van der Waals surface area (Å²) >= 11 is 0. The molecular weight excluding hydrogens is 262 g/mol. The molecule has 0 aromatic carbocycles. The van der Waals surface area contributed by atoms with E-state index in [1.165, 1.54) is 6.07 Å². The fraction of sp³-hybridized carbons (Fsp3) is 0.615. The third-order valence-corrected chi connectivity index (χ3v) is 3.95. The summed E-state index contributed by atoms with van der Waals surface area (Å²) in [6.45, 7) is 0.00662. The smallest absolute Gasteiger partial charge is 0.356 e. The lowest BCUT2D eigenvalue weighted by atomic mass is 9.73. The molecule has 0 unspecified atom stereocenters. The van der Waals surface area contributed by atoms with Gasteiger partial charge in [0.1, 0.15) is 5.82 Å². The van der Waals surface area contributed by atoms with Crippen molar-refractivity contribution in [3.8, 4) is 0 Å². The summed E-state index contributed by atoms with van der Waals surface area (Å²) < 4.78 is 0. The molecule has 1 aromatic heterocycles. The highest BCUT2D eigenvalue weighted by molar-refractivity contribution is 5.85. The zero-order valence-electron chi connectivity index (χ0n) is 11.1. The second-order valence-corrected chi connectivity index (χ2v) is 5.34. The number of nitrogens with zero attached hydrogens (tertiary/aromatic N) is 2. The fourth-order valence-electron chi connectivity index (χ4n) is 2.47. The van der Waals surface area contributed by atoms with Gasteiger partial charge in [0, 0.05) is 11.5 Å². The van der Waals surface area contributed by atoms with Crippen LogP contribution in [0.5, 0.6) is 0 Å². The molecule has 0 aliphatic heterocycles. The van der Waals surface area contributed by atoms with Gasteiger partial charge >= 0.3 is 5.97 Å². The predicted octanol–water partition coefficient (Wildman–Crippen LogP) is 0.500. The lowest BCUT2D eigenvalue weighted by Crippen LogP contribution is -2.38. The lowest BCUT2D eigenvalue weighted by Gasteiger charge is -2.37. The quantitative estimate of drug-likeness (QED) is 0.621. The van der Waals surface area contributed by atoms with Gasteiger partial charge in [-0.05, 0) is 37.8 Å². The summed E-state index contributed by atoms with van der Waals surface area (Å²) in [5.41, 5.74) is -0.449. The van der Waals surface area contributed by atoms with Gasteiger partial charge in [-0.1, -0.05) is 0 Å². The molecule has 110 valence electrons. The first-order valence-electron chi connectivity index (χ1n) is 6.64. The summed E-state index contributed by atoms with van der Waals surface area (Å²) in [4.78, 5) is 10.7. The van der Waals surface area contributed by atoms with E-state index in [2.05, 4.69) is 15.5 Å². The van der Waals surface area contributed by atoms with Gasteiger partial charge in [0.05, 0.1) is 13.2 Å². The third-order valence-electron chi connectivity index (χ3n) is 3.95. The number of aliphatic hydroxyl groups excluding tert-OH is 2. The zero-order valence-corrected chi connectivity index (χ0v) is 11.1. The van der Waals surface area contributed by atoms with Gasteiger partial charge in [-0.15, -0.1) is 10.2 Å². The second kappa shape index (κ2) is 6.15. The molecule has 1 heterocycles. The Morgan fingerprint density at radius 2 is 1.90 bits per heavy atom. The van der Waals surface area contributed by atoms with Crippen molar-refractivity contribution in [1.82, 2.24) is 10.2 Å². The van der Waals surface area contributed by atoms with E-state index in [4.69, 9.17) is 5.11 Å². The molecule has 1 saturated carbocycles. The monoisotopic (exact) mass is 281 g/mol. The molecular formula is C13H19N3O4. The number of rotatable bonds is 5. The van der Waals surface area contributed by atoms with E-state index >= 15 is 0 Å². The van der Waals surface area contributed by atoms with E-state index in [-0.39, 0.29) is 30.4 Å². The maximum atomic E-state index is 10.7. The van der Waals surface area contributed by atoms with Crippen molar-refractivity contribution in [3.05, 3.63) is 17.8 Å². The summed E-state index contributed by atoms with van der Waals surface area (Å²) in [7, 11) is 0. The Morgan fingerprint density at radius 3 is 2.35 bits per heavy atom. The number of hydrogen-bond acceptors (Lipinski definition) is 6. The number of hydrogen-bond donors (Lipinski definition) is 4. The number of carbonyl (C=O) groups is 1. The Morgan fingerprint density at radius 1 is 1.25 bits per heavy atom. The van der Waals surface area contributed by atoms with E-state index < -0.39 is 5.97 Å². The normalized spacial score (nSPS) is 18.7. The first-order valence-corrected chi connectivity index (χ1v) is 6.64. The standard InChI is InChI=1S/C13H19N3O4/c17-7-13(8-18)5-3-9(4-6-13)14-11-2-1-10(12(19)20)15-16-11/h1-2,9,17-18H,3-8H2,(H,14,16)(H,19,20). The molecule has 4 N–H and O–H groups in total. The Balaban J connectivity index is 1.91. The first kappa shape index (κ1) is 14.7. The molecule has 0 atom stereocenters. The maximum Gasteiger partial charge on any atom is 0.356 e. The zero-order chi connectivity index (χ0) is 14.6. The highest BCUT2D eigenvalue weighted by atomic mass is 16.4. The molecule has 0 bridgehead atoms. The van der Waals surface area contributed by atoms with Gasteiger partial charge in [0.15, 0.2) is 5.69 Å². The van der Waals surface area contributed by atoms with Crippen LogP contribution in [0.3, 0.4) is 0 Å². The fourth-order valence-corrected chi connectivity index (χ4v) is 2.47. The van der Waals surface area contributed by atoms with E-state index in [1.54, 1.807) is 6.07 Å². The Kier molecular flexibility index (Phi) is 4.51. The largest absolute Gasteiger partial charge is 0.476 e. The molecule has 20 heavy (non-hydrogen) atoms. The first-order chi connectivity index (χ1) is 9.58. The van der Waals surface area contributed by atoms with Crippen LogP contribution in [0, 0.1) is 5.41 Å². The summed E-state index contributed by atoms with van der Waals surface area (Å²) in [5, 5.41) is 38.1. The maximum absolute atomic E-state index is 10.7. The van der Waals surface area contributed by atoms with Crippen molar-refractivity contribution < 1.29 is 20.1 Å². The Hall–Kier alpha value is -1.73. The van der Waals surface area contributed by atoms with Crippen LogP contribution >= 0.6 is 0 Å². The molecule has 0 radical (unpaired) electrons.